The topological polar surface area (TPSA) is 75.7 Å². The Bertz CT molecular complexity index is 763. The summed E-state index contributed by atoms with van der Waals surface area (Å²) in [5.74, 6) is -0.982. The summed E-state index contributed by atoms with van der Waals surface area (Å²) >= 11 is 5.87. The molecular formula is C22H27ClN2O4. The van der Waals surface area contributed by atoms with E-state index in [-0.39, 0.29) is 36.9 Å². The number of nitrogens with one attached hydrogen (secondary N) is 1. The lowest BCUT2D eigenvalue weighted by atomic mass is 10.00. The average molecular weight is 419 g/mol. The second-order valence-corrected chi connectivity index (χ2v) is 8.00. The van der Waals surface area contributed by atoms with Crippen molar-refractivity contribution in [2.75, 3.05) is 13.2 Å². The van der Waals surface area contributed by atoms with Crippen LogP contribution < -0.4 is 5.32 Å². The molecule has 2 heterocycles. The third-order valence-corrected chi connectivity index (χ3v) is 5.65. The highest BCUT2D eigenvalue weighted by Crippen LogP contribution is 2.21. The van der Waals surface area contributed by atoms with Crippen LogP contribution in [-0.4, -0.2) is 41.9 Å². The van der Waals surface area contributed by atoms with Crippen LogP contribution in [0.3, 0.4) is 0 Å². The van der Waals surface area contributed by atoms with Crippen LogP contribution in [-0.2, 0) is 25.7 Å². The highest BCUT2D eigenvalue weighted by atomic mass is 35.5. The molecule has 0 saturated carbocycles. The van der Waals surface area contributed by atoms with Crippen LogP contribution in [0.4, 0.5) is 0 Å². The lowest BCUT2D eigenvalue weighted by Crippen LogP contribution is -2.39. The summed E-state index contributed by atoms with van der Waals surface area (Å²) in [7, 11) is 0. The fraction of sp³-hybridized carbons (Fsp3) is 0.500. The second-order valence-electron chi connectivity index (χ2n) is 7.56. The van der Waals surface area contributed by atoms with Gasteiger partial charge in [-0.3, -0.25) is 14.4 Å². The van der Waals surface area contributed by atoms with Crippen molar-refractivity contribution in [3.05, 3.63) is 47.0 Å². The SMILES string of the molecule is O=C(C[C@@H]1CC=CCCC(=O)N2CCC[C@@H]2COC1=O)NCc1ccc(Cl)cc1. The number of esters is 1. The van der Waals surface area contributed by atoms with Crippen LogP contribution in [0.2, 0.25) is 5.02 Å². The van der Waals surface area contributed by atoms with E-state index in [1.165, 1.54) is 0 Å². The molecule has 0 radical (unpaired) electrons. The van der Waals surface area contributed by atoms with E-state index in [2.05, 4.69) is 5.32 Å². The van der Waals surface area contributed by atoms with Crippen LogP contribution in [0.25, 0.3) is 0 Å². The molecule has 1 saturated heterocycles. The molecule has 3 rings (SSSR count). The van der Waals surface area contributed by atoms with E-state index in [0.29, 0.717) is 30.8 Å². The van der Waals surface area contributed by atoms with Crippen molar-refractivity contribution in [2.45, 2.75) is 51.1 Å². The number of benzene rings is 1. The molecule has 0 bridgehead atoms. The van der Waals surface area contributed by atoms with Gasteiger partial charge in [0.2, 0.25) is 11.8 Å². The number of hydrogen-bond donors (Lipinski definition) is 1. The number of allylic oxidation sites excluding steroid dienone is 2. The minimum absolute atomic E-state index is 0.0470. The van der Waals surface area contributed by atoms with Gasteiger partial charge in [-0.1, -0.05) is 35.9 Å². The van der Waals surface area contributed by atoms with E-state index >= 15 is 0 Å². The van der Waals surface area contributed by atoms with Crippen LogP contribution in [0.15, 0.2) is 36.4 Å². The standard InChI is InChI=1S/C22H27ClN2O4/c23-18-10-8-16(9-11-18)14-24-20(26)13-17-5-2-1-3-7-21(27)25-12-4-6-19(25)15-29-22(17)28/h1-2,8-11,17,19H,3-7,12-15H2,(H,24,26)/t17-,19+/m0/s1. The Kier molecular flexibility index (Phi) is 7.69. The van der Waals surface area contributed by atoms with E-state index in [4.69, 9.17) is 16.3 Å². The van der Waals surface area contributed by atoms with Crippen molar-refractivity contribution in [3.8, 4) is 0 Å². The van der Waals surface area contributed by atoms with Gasteiger partial charge in [-0.25, -0.2) is 0 Å². The van der Waals surface area contributed by atoms with Gasteiger partial charge in [0.25, 0.3) is 0 Å². The summed E-state index contributed by atoms with van der Waals surface area (Å²) in [4.78, 5) is 39.1. The molecule has 1 aromatic rings. The lowest BCUT2D eigenvalue weighted by molar-refractivity contribution is -0.153. The van der Waals surface area contributed by atoms with Gasteiger partial charge in [0.15, 0.2) is 0 Å². The Labute approximate surface area is 176 Å². The number of rotatable bonds is 4. The molecule has 0 aromatic heterocycles. The minimum atomic E-state index is -0.526. The van der Waals surface area contributed by atoms with Gasteiger partial charge in [0.05, 0.1) is 12.0 Å². The van der Waals surface area contributed by atoms with Gasteiger partial charge in [0.1, 0.15) is 6.61 Å². The van der Waals surface area contributed by atoms with Gasteiger partial charge < -0.3 is 15.0 Å². The predicted molar refractivity (Wildman–Crippen MR) is 110 cm³/mol. The highest BCUT2D eigenvalue weighted by molar-refractivity contribution is 6.30. The summed E-state index contributed by atoms with van der Waals surface area (Å²) < 4.78 is 5.51. The maximum atomic E-state index is 12.6. The minimum Gasteiger partial charge on any atom is -0.463 e. The number of amides is 2. The molecule has 7 heteroatoms. The van der Waals surface area contributed by atoms with Gasteiger partial charge in [0, 0.05) is 31.0 Å². The van der Waals surface area contributed by atoms with E-state index in [9.17, 15) is 14.4 Å². The first-order valence-corrected chi connectivity index (χ1v) is 10.5. The van der Waals surface area contributed by atoms with Crippen LogP contribution in [0.1, 0.15) is 44.1 Å². The number of halogens is 1. The van der Waals surface area contributed by atoms with Crippen molar-refractivity contribution in [1.29, 1.82) is 0 Å². The first-order valence-electron chi connectivity index (χ1n) is 10.1. The summed E-state index contributed by atoms with van der Waals surface area (Å²) in [6.07, 6.45) is 7.17. The maximum Gasteiger partial charge on any atom is 0.309 e. The van der Waals surface area contributed by atoms with E-state index < -0.39 is 5.92 Å². The molecule has 1 fully saturated rings. The summed E-state index contributed by atoms with van der Waals surface area (Å²) in [6, 6.07) is 7.20. The zero-order valence-corrected chi connectivity index (χ0v) is 17.2. The van der Waals surface area contributed by atoms with Crippen molar-refractivity contribution in [2.24, 2.45) is 5.92 Å². The zero-order valence-electron chi connectivity index (χ0n) is 16.4. The Morgan fingerprint density at radius 1 is 1.21 bits per heavy atom. The molecule has 1 aromatic carbocycles. The molecule has 0 unspecified atom stereocenters. The molecule has 0 aliphatic carbocycles. The normalized spacial score (nSPS) is 23.0. The average Bonchev–Trinajstić information content (AvgIpc) is 3.18. The van der Waals surface area contributed by atoms with Gasteiger partial charge in [-0.2, -0.15) is 0 Å². The number of hydrogen-bond acceptors (Lipinski definition) is 4. The molecule has 2 amide bonds. The monoisotopic (exact) mass is 418 g/mol. The Hall–Kier alpha value is -2.34. The molecule has 2 aliphatic rings. The van der Waals surface area contributed by atoms with Crippen LogP contribution in [0.5, 0.6) is 0 Å². The maximum absolute atomic E-state index is 12.6. The highest BCUT2D eigenvalue weighted by Gasteiger charge is 2.31. The Balaban J connectivity index is 1.57. The van der Waals surface area contributed by atoms with Gasteiger partial charge in [-0.05, 0) is 43.4 Å². The first-order chi connectivity index (χ1) is 14.0. The zero-order chi connectivity index (χ0) is 20.6. The van der Waals surface area contributed by atoms with Gasteiger partial charge >= 0.3 is 5.97 Å². The molecule has 2 atom stereocenters. The predicted octanol–water partition coefficient (Wildman–Crippen LogP) is 3.24. The van der Waals surface area contributed by atoms with Crippen molar-refractivity contribution in [1.82, 2.24) is 10.2 Å². The van der Waals surface area contributed by atoms with E-state index in [0.717, 1.165) is 24.9 Å². The third kappa shape index (κ3) is 6.32. The van der Waals surface area contributed by atoms with Crippen LogP contribution in [0, 0.1) is 5.92 Å². The summed E-state index contributed by atoms with van der Waals surface area (Å²) in [6.45, 7) is 1.31. The van der Waals surface area contributed by atoms with Crippen molar-refractivity contribution in [3.63, 3.8) is 0 Å². The fourth-order valence-corrected chi connectivity index (χ4v) is 3.85. The number of ether oxygens (including phenoxy) is 1. The smallest absolute Gasteiger partial charge is 0.309 e. The molecule has 2 aliphatic heterocycles. The first kappa shape index (κ1) is 21.4. The number of carbonyl (C=O) groups is 3. The van der Waals surface area contributed by atoms with E-state index in [1.807, 2.05) is 29.2 Å². The second kappa shape index (κ2) is 10.4. The number of carbonyl (C=O) groups excluding carboxylic acids is 3. The number of fused-ring (bicyclic) bond motifs is 1. The molecule has 1 N–H and O–H groups in total. The number of nitrogens with zero attached hydrogens (tertiary/aromatic N) is 1. The largest absolute Gasteiger partial charge is 0.463 e. The molecule has 156 valence electrons. The van der Waals surface area contributed by atoms with Crippen LogP contribution >= 0.6 is 11.6 Å². The molecule has 0 spiro atoms. The third-order valence-electron chi connectivity index (χ3n) is 5.40. The lowest BCUT2D eigenvalue weighted by Gasteiger charge is -2.25. The fourth-order valence-electron chi connectivity index (χ4n) is 3.72. The molecule has 29 heavy (non-hydrogen) atoms. The van der Waals surface area contributed by atoms with E-state index in [1.54, 1.807) is 12.1 Å². The number of cyclic esters (lactones) is 1. The molecule has 6 nitrogen and oxygen atoms in total. The quantitative estimate of drug-likeness (QED) is 0.601. The Morgan fingerprint density at radius 3 is 2.79 bits per heavy atom. The van der Waals surface area contributed by atoms with Crippen molar-refractivity contribution < 1.29 is 19.1 Å². The molecular weight excluding hydrogens is 392 g/mol. The van der Waals surface area contributed by atoms with Crippen molar-refractivity contribution >= 4 is 29.4 Å². The summed E-state index contributed by atoms with van der Waals surface area (Å²) in [5.41, 5.74) is 0.940. The Morgan fingerprint density at radius 2 is 2.00 bits per heavy atom. The van der Waals surface area contributed by atoms with Gasteiger partial charge in [-0.15, -0.1) is 0 Å². The summed E-state index contributed by atoms with van der Waals surface area (Å²) in [5, 5.41) is 3.49.